The molecule has 0 spiro atoms. The lowest BCUT2D eigenvalue weighted by atomic mass is 10.1. The van der Waals surface area contributed by atoms with Crippen LogP contribution in [-0.2, 0) is 6.18 Å². The minimum atomic E-state index is -4.36. The van der Waals surface area contributed by atoms with Crippen molar-refractivity contribution in [1.29, 1.82) is 5.26 Å². The Bertz CT molecular complexity index is 437. The van der Waals surface area contributed by atoms with E-state index in [4.69, 9.17) is 5.26 Å². The van der Waals surface area contributed by atoms with Crippen molar-refractivity contribution in [3.63, 3.8) is 0 Å². The number of anilines is 1. The fourth-order valence-electron chi connectivity index (χ4n) is 1.15. The molecular formula is C11H10BrF3N2. The second-order valence-electron chi connectivity index (χ2n) is 3.60. The summed E-state index contributed by atoms with van der Waals surface area (Å²) in [4.78, 5) is 0. The lowest BCUT2D eigenvalue weighted by molar-refractivity contribution is -0.137. The predicted molar refractivity (Wildman–Crippen MR) is 62.4 cm³/mol. The molecule has 0 aliphatic rings. The SMILES string of the molecule is CC(C#N)CNc1cc(C(F)(F)F)ccc1Br. The van der Waals surface area contributed by atoms with Crippen LogP contribution in [-0.4, -0.2) is 6.54 Å². The maximum absolute atomic E-state index is 12.5. The first-order valence-corrected chi connectivity index (χ1v) is 5.64. The highest BCUT2D eigenvalue weighted by molar-refractivity contribution is 9.10. The van der Waals surface area contributed by atoms with Crippen LogP contribution in [0.15, 0.2) is 22.7 Å². The third-order valence-electron chi connectivity index (χ3n) is 2.11. The summed E-state index contributed by atoms with van der Waals surface area (Å²) in [5.74, 6) is -0.267. The van der Waals surface area contributed by atoms with E-state index in [0.29, 0.717) is 16.7 Å². The molecule has 0 amide bonds. The summed E-state index contributed by atoms with van der Waals surface area (Å²) in [5.41, 5.74) is -0.380. The van der Waals surface area contributed by atoms with E-state index in [1.54, 1.807) is 6.92 Å². The number of benzene rings is 1. The highest BCUT2D eigenvalue weighted by Crippen LogP contribution is 2.33. The number of rotatable bonds is 3. The first-order valence-electron chi connectivity index (χ1n) is 4.85. The molecule has 1 N–H and O–H groups in total. The van der Waals surface area contributed by atoms with Gasteiger partial charge in [0.2, 0.25) is 0 Å². The maximum Gasteiger partial charge on any atom is 0.416 e. The van der Waals surface area contributed by atoms with Gasteiger partial charge in [-0.25, -0.2) is 0 Å². The van der Waals surface area contributed by atoms with Gasteiger partial charge in [0.25, 0.3) is 0 Å². The molecular weight excluding hydrogens is 297 g/mol. The number of hydrogen-bond donors (Lipinski definition) is 1. The molecule has 1 rings (SSSR count). The molecule has 1 unspecified atom stereocenters. The van der Waals surface area contributed by atoms with Crippen LogP contribution in [0.5, 0.6) is 0 Å². The van der Waals surface area contributed by atoms with Crippen molar-refractivity contribution in [2.75, 3.05) is 11.9 Å². The average molecular weight is 307 g/mol. The van der Waals surface area contributed by atoms with Gasteiger partial charge in [-0.1, -0.05) is 0 Å². The molecule has 0 heterocycles. The molecule has 0 fully saturated rings. The van der Waals surface area contributed by atoms with Crippen molar-refractivity contribution in [2.24, 2.45) is 5.92 Å². The van der Waals surface area contributed by atoms with Crippen molar-refractivity contribution in [3.8, 4) is 6.07 Å². The van der Waals surface area contributed by atoms with E-state index in [1.807, 2.05) is 6.07 Å². The summed E-state index contributed by atoms with van der Waals surface area (Å²) in [7, 11) is 0. The molecule has 6 heteroatoms. The van der Waals surface area contributed by atoms with Gasteiger partial charge in [0.1, 0.15) is 0 Å². The van der Waals surface area contributed by atoms with Crippen molar-refractivity contribution in [2.45, 2.75) is 13.1 Å². The van der Waals surface area contributed by atoms with Gasteiger partial charge in [-0.15, -0.1) is 0 Å². The van der Waals surface area contributed by atoms with Crippen molar-refractivity contribution < 1.29 is 13.2 Å². The summed E-state index contributed by atoms with van der Waals surface area (Å²) in [5, 5.41) is 11.4. The summed E-state index contributed by atoms with van der Waals surface area (Å²) in [6.45, 7) is 1.99. The third kappa shape index (κ3) is 3.93. The smallest absolute Gasteiger partial charge is 0.383 e. The normalized spacial score (nSPS) is 12.9. The number of halogens is 4. The highest BCUT2D eigenvalue weighted by atomic mass is 79.9. The van der Waals surface area contributed by atoms with Gasteiger partial charge in [0.05, 0.1) is 17.6 Å². The largest absolute Gasteiger partial charge is 0.416 e. The van der Waals surface area contributed by atoms with E-state index in [2.05, 4.69) is 21.2 Å². The van der Waals surface area contributed by atoms with Gasteiger partial charge >= 0.3 is 6.18 Å². The molecule has 1 aromatic carbocycles. The molecule has 2 nitrogen and oxygen atoms in total. The number of alkyl halides is 3. The monoisotopic (exact) mass is 306 g/mol. The lowest BCUT2D eigenvalue weighted by Crippen LogP contribution is -2.11. The molecule has 0 aromatic heterocycles. The Hall–Kier alpha value is -1.22. The first-order chi connectivity index (χ1) is 7.84. The van der Waals surface area contributed by atoms with Crippen LogP contribution >= 0.6 is 15.9 Å². The second kappa shape index (κ2) is 5.41. The molecule has 0 radical (unpaired) electrons. The van der Waals surface area contributed by atoms with Crippen molar-refractivity contribution in [1.82, 2.24) is 0 Å². The Balaban J connectivity index is 2.89. The van der Waals surface area contributed by atoms with Gasteiger partial charge in [-0.05, 0) is 41.1 Å². The van der Waals surface area contributed by atoms with Gasteiger partial charge in [-0.2, -0.15) is 18.4 Å². The Morgan fingerprint density at radius 1 is 1.47 bits per heavy atom. The van der Waals surface area contributed by atoms with Gasteiger partial charge in [-0.3, -0.25) is 0 Å². The summed E-state index contributed by atoms with van der Waals surface area (Å²) < 4.78 is 37.9. The summed E-state index contributed by atoms with van der Waals surface area (Å²) in [6, 6.07) is 5.36. The molecule has 0 aliphatic heterocycles. The van der Waals surface area contributed by atoms with Crippen LogP contribution in [0, 0.1) is 17.2 Å². The quantitative estimate of drug-likeness (QED) is 0.915. The average Bonchev–Trinajstić information content (AvgIpc) is 2.26. The molecule has 0 saturated heterocycles. The number of nitrogens with zero attached hydrogens (tertiary/aromatic N) is 1. The molecule has 0 bridgehead atoms. The van der Waals surface area contributed by atoms with E-state index >= 15 is 0 Å². The van der Waals surface area contributed by atoms with E-state index in [0.717, 1.165) is 12.1 Å². The third-order valence-corrected chi connectivity index (χ3v) is 2.80. The predicted octanol–water partition coefficient (Wildman–Crippen LogP) is 4.04. The second-order valence-corrected chi connectivity index (χ2v) is 4.46. The molecule has 0 aliphatic carbocycles. The Labute approximate surface area is 106 Å². The van der Waals surface area contributed by atoms with Crippen LogP contribution in [0.2, 0.25) is 0 Å². The fraction of sp³-hybridized carbons (Fsp3) is 0.364. The minimum absolute atomic E-state index is 0.267. The summed E-state index contributed by atoms with van der Waals surface area (Å²) >= 11 is 3.16. The van der Waals surface area contributed by atoms with Crippen LogP contribution < -0.4 is 5.32 Å². The van der Waals surface area contributed by atoms with E-state index in [1.165, 1.54) is 6.07 Å². The topological polar surface area (TPSA) is 35.8 Å². The van der Waals surface area contributed by atoms with Gasteiger partial charge < -0.3 is 5.32 Å². The Kier molecular flexibility index (Phi) is 4.40. The lowest BCUT2D eigenvalue weighted by Gasteiger charge is -2.13. The van der Waals surface area contributed by atoms with E-state index < -0.39 is 11.7 Å². The zero-order chi connectivity index (χ0) is 13.1. The maximum atomic E-state index is 12.5. The Morgan fingerprint density at radius 2 is 2.12 bits per heavy atom. The van der Waals surface area contributed by atoms with E-state index in [-0.39, 0.29) is 5.92 Å². The van der Waals surface area contributed by atoms with Crippen LogP contribution in [0.25, 0.3) is 0 Å². The molecule has 92 valence electrons. The standard InChI is InChI=1S/C11H10BrF3N2/c1-7(5-16)6-17-10-4-8(11(13,14)15)2-3-9(10)12/h2-4,7,17H,6H2,1H3. The first kappa shape index (κ1) is 13.8. The summed E-state index contributed by atoms with van der Waals surface area (Å²) in [6.07, 6.45) is -4.36. The van der Waals surface area contributed by atoms with Crippen molar-refractivity contribution in [3.05, 3.63) is 28.2 Å². The number of hydrogen-bond acceptors (Lipinski definition) is 2. The van der Waals surface area contributed by atoms with Crippen molar-refractivity contribution >= 4 is 21.6 Å². The minimum Gasteiger partial charge on any atom is -0.383 e. The van der Waals surface area contributed by atoms with Crippen LogP contribution in [0.3, 0.4) is 0 Å². The fourth-order valence-corrected chi connectivity index (χ4v) is 1.53. The Morgan fingerprint density at radius 3 is 2.65 bits per heavy atom. The number of nitrogens with one attached hydrogen (secondary N) is 1. The molecule has 17 heavy (non-hydrogen) atoms. The number of nitriles is 1. The highest BCUT2D eigenvalue weighted by Gasteiger charge is 2.30. The van der Waals surface area contributed by atoms with Gasteiger partial charge in [0, 0.05) is 16.7 Å². The molecule has 1 atom stereocenters. The van der Waals surface area contributed by atoms with Crippen LogP contribution in [0.4, 0.5) is 18.9 Å². The molecule has 0 saturated carbocycles. The molecule has 1 aromatic rings. The zero-order valence-electron chi connectivity index (χ0n) is 8.98. The van der Waals surface area contributed by atoms with E-state index in [9.17, 15) is 13.2 Å². The van der Waals surface area contributed by atoms with Crippen LogP contribution in [0.1, 0.15) is 12.5 Å². The van der Waals surface area contributed by atoms with Gasteiger partial charge in [0.15, 0.2) is 0 Å². The zero-order valence-corrected chi connectivity index (χ0v) is 10.6.